The number of piperidine rings is 1. The Bertz CT molecular complexity index is 264. The lowest BCUT2D eigenvalue weighted by molar-refractivity contribution is -0.140. The Hall–Kier alpha value is -0.710. The number of nitrogens with zero attached hydrogens (tertiary/aromatic N) is 1. The summed E-state index contributed by atoms with van der Waals surface area (Å²) >= 11 is 0. The fourth-order valence-electron chi connectivity index (χ4n) is 2.06. The molecule has 17 heavy (non-hydrogen) atoms. The van der Waals surface area contributed by atoms with Gasteiger partial charge in [-0.05, 0) is 12.8 Å². The van der Waals surface area contributed by atoms with E-state index in [1.807, 2.05) is 20.8 Å². The molecule has 0 spiro atoms. The van der Waals surface area contributed by atoms with Crippen LogP contribution in [0.25, 0.3) is 0 Å². The molecule has 1 amide bonds. The van der Waals surface area contributed by atoms with Crippen LogP contribution in [0.3, 0.4) is 0 Å². The van der Waals surface area contributed by atoms with E-state index in [2.05, 4.69) is 5.32 Å². The molecular formula is C12H22F2N2O. The maximum Gasteiger partial charge on any atom is 0.250 e. The molecular weight excluding hydrogens is 226 g/mol. The number of halogens is 2. The predicted octanol–water partition coefficient (Wildman–Crippen LogP) is 1.88. The first-order valence-corrected chi connectivity index (χ1v) is 6.11. The van der Waals surface area contributed by atoms with E-state index in [0.29, 0.717) is 6.54 Å². The van der Waals surface area contributed by atoms with Crippen molar-refractivity contribution in [2.45, 2.75) is 46.1 Å². The summed E-state index contributed by atoms with van der Waals surface area (Å²) in [6.07, 6.45) is -0.590. The molecule has 1 aliphatic rings. The number of nitrogens with one attached hydrogen (secondary N) is 1. The smallest absolute Gasteiger partial charge is 0.250 e. The summed E-state index contributed by atoms with van der Waals surface area (Å²) < 4.78 is 24.2. The maximum atomic E-state index is 12.1. The molecule has 100 valence electrons. The highest BCUT2D eigenvalue weighted by Crippen LogP contribution is 2.20. The van der Waals surface area contributed by atoms with Crippen LogP contribution in [0.4, 0.5) is 8.78 Å². The van der Waals surface area contributed by atoms with Crippen molar-refractivity contribution in [3.8, 4) is 0 Å². The number of hydrogen-bond donors (Lipinski definition) is 1. The molecule has 0 aromatic rings. The maximum absolute atomic E-state index is 12.1. The second-order valence-corrected chi connectivity index (χ2v) is 5.64. The lowest BCUT2D eigenvalue weighted by atomic mass is 9.93. The molecule has 0 radical (unpaired) electrons. The van der Waals surface area contributed by atoms with Crippen LogP contribution in [0.1, 0.15) is 33.6 Å². The highest BCUT2D eigenvalue weighted by Gasteiger charge is 2.30. The third kappa shape index (κ3) is 4.58. The first kappa shape index (κ1) is 14.4. The largest absolute Gasteiger partial charge is 0.341 e. The number of carbonyl (C=O) groups is 1. The number of amides is 1. The molecule has 1 saturated heterocycles. The Labute approximate surface area is 102 Å². The van der Waals surface area contributed by atoms with Gasteiger partial charge in [0, 0.05) is 24.5 Å². The van der Waals surface area contributed by atoms with Crippen LogP contribution in [0.15, 0.2) is 0 Å². The number of alkyl halides is 2. The molecule has 1 aliphatic heterocycles. The molecule has 0 saturated carbocycles. The van der Waals surface area contributed by atoms with Crippen LogP contribution in [-0.2, 0) is 4.79 Å². The van der Waals surface area contributed by atoms with E-state index < -0.39 is 11.8 Å². The monoisotopic (exact) mass is 248 g/mol. The van der Waals surface area contributed by atoms with Crippen molar-refractivity contribution in [1.29, 1.82) is 0 Å². The van der Waals surface area contributed by atoms with Gasteiger partial charge in [0.25, 0.3) is 6.43 Å². The van der Waals surface area contributed by atoms with Crippen LogP contribution in [0, 0.1) is 5.41 Å². The van der Waals surface area contributed by atoms with Crippen LogP contribution in [-0.4, -0.2) is 42.9 Å². The zero-order valence-electron chi connectivity index (χ0n) is 10.8. The molecule has 0 aromatic carbocycles. The number of carbonyl (C=O) groups excluding carboxylic acids is 1. The first-order chi connectivity index (χ1) is 7.80. The number of likely N-dealkylation sites (tertiary alicyclic amines) is 1. The summed E-state index contributed by atoms with van der Waals surface area (Å²) in [5, 5.41) is 2.81. The van der Waals surface area contributed by atoms with Gasteiger partial charge in [-0.2, -0.15) is 0 Å². The summed E-state index contributed by atoms with van der Waals surface area (Å²) in [7, 11) is 0. The van der Waals surface area contributed by atoms with Gasteiger partial charge in [-0.1, -0.05) is 20.8 Å². The fraction of sp³-hybridized carbons (Fsp3) is 0.917. The van der Waals surface area contributed by atoms with E-state index in [4.69, 9.17) is 0 Å². The average molecular weight is 248 g/mol. The van der Waals surface area contributed by atoms with Crippen molar-refractivity contribution in [2.24, 2.45) is 5.41 Å². The standard InChI is InChI=1S/C12H22F2N2O/c1-12(2,3)11(17)16-6-4-5-9(8-16)15-7-10(13)14/h9-10,15H,4-8H2,1-3H3. The van der Waals surface area contributed by atoms with E-state index >= 15 is 0 Å². The van der Waals surface area contributed by atoms with E-state index in [-0.39, 0.29) is 18.5 Å². The molecule has 1 N–H and O–H groups in total. The van der Waals surface area contributed by atoms with E-state index in [0.717, 1.165) is 19.4 Å². The van der Waals surface area contributed by atoms with Gasteiger partial charge in [-0.15, -0.1) is 0 Å². The number of hydrogen-bond acceptors (Lipinski definition) is 2. The minimum Gasteiger partial charge on any atom is -0.341 e. The Morgan fingerprint density at radius 1 is 1.47 bits per heavy atom. The molecule has 1 fully saturated rings. The van der Waals surface area contributed by atoms with Crippen LogP contribution >= 0.6 is 0 Å². The Kier molecular flexibility index (Phi) is 4.86. The molecule has 1 atom stereocenters. The van der Waals surface area contributed by atoms with Gasteiger partial charge >= 0.3 is 0 Å². The number of rotatable bonds is 3. The van der Waals surface area contributed by atoms with Gasteiger partial charge in [0.15, 0.2) is 0 Å². The van der Waals surface area contributed by atoms with Crippen LogP contribution in [0.2, 0.25) is 0 Å². The normalized spacial score (nSPS) is 22.0. The lowest BCUT2D eigenvalue weighted by Crippen LogP contribution is -2.51. The zero-order chi connectivity index (χ0) is 13.1. The molecule has 1 unspecified atom stereocenters. The summed E-state index contributed by atoms with van der Waals surface area (Å²) in [4.78, 5) is 13.8. The van der Waals surface area contributed by atoms with Gasteiger partial charge in [-0.3, -0.25) is 4.79 Å². The second-order valence-electron chi connectivity index (χ2n) is 5.64. The van der Waals surface area contributed by atoms with Crippen LogP contribution < -0.4 is 5.32 Å². The van der Waals surface area contributed by atoms with Gasteiger partial charge in [-0.25, -0.2) is 8.78 Å². The molecule has 1 rings (SSSR count). The third-order valence-electron chi connectivity index (χ3n) is 2.91. The van der Waals surface area contributed by atoms with Crippen molar-refractivity contribution in [3.05, 3.63) is 0 Å². The van der Waals surface area contributed by atoms with Crippen molar-refractivity contribution < 1.29 is 13.6 Å². The van der Waals surface area contributed by atoms with Crippen molar-refractivity contribution >= 4 is 5.91 Å². The van der Waals surface area contributed by atoms with E-state index in [1.165, 1.54) is 0 Å². The molecule has 0 aliphatic carbocycles. The van der Waals surface area contributed by atoms with Gasteiger partial charge in [0.05, 0.1) is 6.54 Å². The summed E-state index contributed by atoms with van der Waals surface area (Å²) in [5.41, 5.74) is -0.398. The Balaban J connectivity index is 2.46. The molecule has 5 heteroatoms. The van der Waals surface area contributed by atoms with Gasteiger partial charge in [0.2, 0.25) is 5.91 Å². The molecule has 1 heterocycles. The Morgan fingerprint density at radius 2 is 2.12 bits per heavy atom. The fourth-order valence-corrected chi connectivity index (χ4v) is 2.06. The SMILES string of the molecule is CC(C)(C)C(=O)N1CCCC(NCC(F)F)C1. The zero-order valence-corrected chi connectivity index (χ0v) is 10.8. The quantitative estimate of drug-likeness (QED) is 0.827. The topological polar surface area (TPSA) is 32.3 Å². The lowest BCUT2D eigenvalue weighted by Gasteiger charge is -2.36. The van der Waals surface area contributed by atoms with Crippen molar-refractivity contribution in [2.75, 3.05) is 19.6 Å². The molecule has 3 nitrogen and oxygen atoms in total. The second kappa shape index (κ2) is 5.76. The highest BCUT2D eigenvalue weighted by molar-refractivity contribution is 5.81. The highest BCUT2D eigenvalue weighted by atomic mass is 19.3. The summed E-state index contributed by atoms with van der Waals surface area (Å²) in [6, 6.07) is 0.00375. The Morgan fingerprint density at radius 3 is 2.65 bits per heavy atom. The van der Waals surface area contributed by atoms with Crippen molar-refractivity contribution in [1.82, 2.24) is 10.2 Å². The van der Waals surface area contributed by atoms with Crippen molar-refractivity contribution in [3.63, 3.8) is 0 Å². The van der Waals surface area contributed by atoms with E-state index in [9.17, 15) is 13.6 Å². The average Bonchev–Trinajstić information content (AvgIpc) is 2.24. The van der Waals surface area contributed by atoms with Crippen LogP contribution in [0.5, 0.6) is 0 Å². The van der Waals surface area contributed by atoms with Gasteiger partial charge < -0.3 is 10.2 Å². The first-order valence-electron chi connectivity index (χ1n) is 6.11. The summed E-state index contributed by atoms with van der Waals surface area (Å²) in [5.74, 6) is 0.0982. The van der Waals surface area contributed by atoms with E-state index in [1.54, 1.807) is 4.90 Å². The summed E-state index contributed by atoms with van der Waals surface area (Å²) in [6.45, 7) is 6.64. The minimum absolute atomic E-state index is 0.00375. The molecule has 0 aromatic heterocycles. The van der Waals surface area contributed by atoms with Gasteiger partial charge in [0.1, 0.15) is 0 Å². The third-order valence-corrected chi connectivity index (χ3v) is 2.91. The minimum atomic E-state index is -2.33. The molecule has 0 bridgehead atoms. The predicted molar refractivity (Wildman–Crippen MR) is 63.1 cm³/mol.